The Morgan fingerprint density at radius 3 is 1.17 bits per heavy atom. The molecule has 0 aromatic rings. The van der Waals surface area contributed by atoms with Crippen LogP contribution in [0.5, 0.6) is 0 Å². The first kappa shape index (κ1) is 64.4. The second kappa shape index (κ2) is 49.8. The van der Waals surface area contributed by atoms with Crippen LogP contribution in [0.2, 0.25) is 0 Å². The highest BCUT2D eigenvalue weighted by atomic mass is 16.7. The van der Waals surface area contributed by atoms with Crippen LogP contribution in [0.15, 0.2) is 134 Å². The fraction of sp³-hybridized carbons (Fsp3) is 0.583. The molecule has 0 aliphatic carbocycles. The second-order valence-corrected chi connectivity index (χ2v) is 18.1. The van der Waals surface area contributed by atoms with Gasteiger partial charge in [0.2, 0.25) is 0 Å². The van der Waals surface area contributed by atoms with Crippen molar-refractivity contribution in [1.82, 2.24) is 0 Å². The highest BCUT2D eigenvalue weighted by molar-refractivity contribution is 5.71. The van der Waals surface area contributed by atoms with Crippen molar-refractivity contribution in [2.75, 3.05) is 47.5 Å². The number of carboxylic acids is 1. The van der Waals surface area contributed by atoms with Crippen LogP contribution in [-0.4, -0.2) is 87.4 Å². The van der Waals surface area contributed by atoms with Gasteiger partial charge in [0, 0.05) is 12.8 Å². The number of hydrogen-bond donors (Lipinski definition) is 1. The van der Waals surface area contributed by atoms with Gasteiger partial charge in [0.1, 0.15) is 13.2 Å². The fourth-order valence-corrected chi connectivity index (χ4v) is 6.39. The summed E-state index contributed by atoms with van der Waals surface area (Å²) in [4.78, 5) is 37.3. The van der Waals surface area contributed by atoms with Crippen molar-refractivity contribution in [1.29, 1.82) is 0 Å². The number of likely N-dealkylation sites (N-methyl/N-ethyl adjacent to an activating group) is 1. The zero-order chi connectivity index (χ0) is 50.6. The first-order valence-electron chi connectivity index (χ1n) is 26.3. The maximum absolute atomic E-state index is 12.8. The van der Waals surface area contributed by atoms with Crippen LogP contribution in [0.4, 0.5) is 0 Å². The SMILES string of the molecule is CC/C=C\C/C=C\C/C=C\C/C=C\C/C=C\C/C=C\CCCCCCCCC(=O)OC(COC(=O)CCCCC/C=C\C/C=C\C/C=C\C/C=C\C/C=C\CC)COC(OCC[N+](C)(C)C)C(=O)O. The number of quaternary nitrogens is 1. The Morgan fingerprint density at radius 2 is 0.783 bits per heavy atom. The van der Waals surface area contributed by atoms with E-state index in [2.05, 4.69) is 148 Å². The fourth-order valence-electron chi connectivity index (χ4n) is 6.39. The van der Waals surface area contributed by atoms with Crippen molar-refractivity contribution >= 4 is 17.9 Å². The van der Waals surface area contributed by atoms with E-state index >= 15 is 0 Å². The van der Waals surface area contributed by atoms with Crippen molar-refractivity contribution in [2.24, 2.45) is 0 Å². The molecule has 0 saturated heterocycles. The van der Waals surface area contributed by atoms with E-state index in [1.807, 2.05) is 21.1 Å². The number of hydrogen-bond acceptors (Lipinski definition) is 7. The zero-order valence-corrected chi connectivity index (χ0v) is 43.9. The Morgan fingerprint density at radius 1 is 0.435 bits per heavy atom. The molecule has 0 saturated carbocycles. The summed E-state index contributed by atoms with van der Waals surface area (Å²) in [5.41, 5.74) is 0. The van der Waals surface area contributed by atoms with Gasteiger partial charge in [0.15, 0.2) is 6.10 Å². The number of carbonyl (C=O) groups is 3. The smallest absolute Gasteiger partial charge is 0.361 e. The third-order valence-electron chi connectivity index (χ3n) is 10.4. The van der Waals surface area contributed by atoms with Crippen LogP contribution in [0, 0.1) is 0 Å². The lowest BCUT2D eigenvalue weighted by atomic mass is 10.1. The van der Waals surface area contributed by atoms with Gasteiger partial charge in [-0.3, -0.25) is 9.59 Å². The molecule has 0 radical (unpaired) electrons. The summed E-state index contributed by atoms with van der Waals surface area (Å²) in [6.07, 6.45) is 68.0. The number of rotatable bonds is 46. The van der Waals surface area contributed by atoms with Gasteiger partial charge in [-0.05, 0) is 109 Å². The molecule has 0 aromatic heterocycles. The Kier molecular flexibility index (Phi) is 46.5. The van der Waals surface area contributed by atoms with Gasteiger partial charge in [0.05, 0.1) is 34.4 Å². The maximum atomic E-state index is 12.8. The van der Waals surface area contributed by atoms with E-state index in [4.69, 9.17) is 18.9 Å². The molecule has 0 spiro atoms. The van der Waals surface area contributed by atoms with Crippen LogP contribution in [0.3, 0.4) is 0 Å². The number of carboxylic acid groups (broad SMARTS) is 1. The quantitative estimate of drug-likeness (QED) is 0.0211. The molecule has 2 atom stereocenters. The molecule has 9 heteroatoms. The third-order valence-corrected chi connectivity index (χ3v) is 10.4. The predicted molar refractivity (Wildman–Crippen MR) is 290 cm³/mol. The molecule has 0 fully saturated rings. The first-order chi connectivity index (χ1) is 33.6. The topological polar surface area (TPSA) is 108 Å². The molecule has 0 amide bonds. The van der Waals surface area contributed by atoms with E-state index in [1.54, 1.807) is 0 Å². The van der Waals surface area contributed by atoms with E-state index in [0.717, 1.165) is 128 Å². The van der Waals surface area contributed by atoms with Gasteiger partial charge < -0.3 is 28.5 Å². The Bertz CT molecular complexity index is 1590. The molecule has 2 unspecified atom stereocenters. The first-order valence-corrected chi connectivity index (χ1v) is 26.3. The highest BCUT2D eigenvalue weighted by Gasteiger charge is 2.25. The molecule has 0 rings (SSSR count). The predicted octanol–water partition coefficient (Wildman–Crippen LogP) is 15.1. The Labute approximate surface area is 420 Å². The van der Waals surface area contributed by atoms with E-state index in [1.165, 1.54) is 0 Å². The molecular weight excluding hydrogens is 863 g/mol. The van der Waals surface area contributed by atoms with Crippen LogP contribution >= 0.6 is 0 Å². The lowest BCUT2D eigenvalue weighted by Gasteiger charge is -2.25. The van der Waals surface area contributed by atoms with Gasteiger partial charge in [0.25, 0.3) is 6.29 Å². The third kappa shape index (κ3) is 51.1. The van der Waals surface area contributed by atoms with Crippen molar-refractivity contribution < 1.29 is 42.9 Å². The molecule has 0 bridgehead atoms. The highest BCUT2D eigenvalue weighted by Crippen LogP contribution is 2.12. The largest absolute Gasteiger partial charge is 0.477 e. The number of allylic oxidation sites excluding steroid dienone is 22. The summed E-state index contributed by atoms with van der Waals surface area (Å²) in [5, 5.41) is 9.68. The Balaban J connectivity index is 4.45. The van der Waals surface area contributed by atoms with E-state index in [9.17, 15) is 19.5 Å². The molecule has 1 N–H and O–H groups in total. The van der Waals surface area contributed by atoms with Gasteiger partial charge in [-0.2, -0.15) is 0 Å². The van der Waals surface area contributed by atoms with Gasteiger partial charge >= 0.3 is 17.9 Å². The van der Waals surface area contributed by atoms with Crippen LogP contribution in [0.25, 0.3) is 0 Å². The summed E-state index contributed by atoms with van der Waals surface area (Å²) in [5.74, 6) is -2.09. The van der Waals surface area contributed by atoms with Crippen molar-refractivity contribution in [2.45, 2.75) is 180 Å². The zero-order valence-electron chi connectivity index (χ0n) is 43.9. The van der Waals surface area contributed by atoms with Crippen molar-refractivity contribution in [3.05, 3.63) is 134 Å². The molecule has 69 heavy (non-hydrogen) atoms. The second-order valence-electron chi connectivity index (χ2n) is 18.1. The molecule has 9 nitrogen and oxygen atoms in total. The number of nitrogens with zero attached hydrogens (tertiary/aromatic N) is 1. The number of carbonyl (C=O) groups excluding carboxylic acids is 2. The van der Waals surface area contributed by atoms with Crippen LogP contribution < -0.4 is 0 Å². The van der Waals surface area contributed by atoms with E-state index in [-0.39, 0.29) is 38.6 Å². The average molecular weight is 959 g/mol. The molecule has 0 heterocycles. The number of unbranched alkanes of at least 4 members (excludes halogenated alkanes) is 9. The minimum atomic E-state index is -1.53. The molecule has 0 aliphatic rings. The van der Waals surface area contributed by atoms with Gasteiger partial charge in [-0.15, -0.1) is 0 Å². The minimum Gasteiger partial charge on any atom is -0.477 e. The minimum absolute atomic E-state index is 0.170. The number of esters is 2. The van der Waals surface area contributed by atoms with E-state index in [0.29, 0.717) is 23.9 Å². The summed E-state index contributed by atoms with van der Waals surface area (Å²) >= 11 is 0. The maximum Gasteiger partial charge on any atom is 0.361 e. The molecule has 0 aliphatic heterocycles. The monoisotopic (exact) mass is 959 g/mol. The molecule has 0 aromatic carbocycles. The summed E-state index contributed by atoms with van der Waals surface area (Å²) in [6, 6.07) is 0. The number of aliphatic carboxylic acids is 1. The standard InChI is InChI=1S/C60H95NO8/c1-6-8-10-12-14-16-18-20-22-24-26-27-28-29-30-31-33-35-37-39-41-43-45-47-49-51-58(63)69-56(55-68-60(59(64)65)66-53-52-61(3,4)5)54-67-57(62)50-48-46-44-42-40-38-36-34-32-25-23-21-19-17-15-13-11-9-7-2/h8-11,14-17,20-23,26-27,29-30,32-35,38,40,56,60H,6-7,12-13,18-19,24-25,28,31,36-37,39,41-55H2,1-5H3/p+1/b10-8-,11-9-,16-14-,17-15-,22-20-,23-21-,27-26-,30-29-,34-32-,35-33-,40-38-. The van der Waals surface area contributed by atoms with Crippen molar-refractivity contribution in [3.63, 3.8) is 0 Å². The van der Waals surface area contributed by atoms with Gasteiger partial charge in [-0.25, -0.2) is 4.79 Å². The Hall–Kier alpha value is -4.57. The lowest BCUT2D eigenvalue weighted by molar-refractivity contribution is -0.870. The van der Waals surface area contributed by atoms with E-state index < -0.39 is 24.3 Å². The van der Waals surface area contributed by atoms with Crippen LogP contribution in [0.1, 0.15) is 168 Å². The summed E-state index contributed by atoms with van der Waals surface area (Å²) < 4.78 is 22.8. The van der Waals surface area contributed by atoms with Crippen molar-refractivity contribution in [3.8, 4) is 0 Å². The normalized spacial score (nSPS) is 13.9. The molecular formula is C60H96NO8+. The lowest BCUT2D eigenvalue weighted by Crippen LogP contribution is -2.40. The van der Waals surface area contributed by atoms with Crippen LogP contribution in [-0.2, 0) is 33.3 Å². The van der Waals surface area contributed by atoms with Gasteiger partial charge in [-0.1, -0.05) is 180 Å². The number of ether oxygens (including phenoxy) is 4. The summed E-state index contributed by atoms with van der Waals surface area (Å²) in [6.45, 7) is 4.56. The average Bonchev–Trinajstić information content (AvgIpc) is 3.31. The summed E-state index contributed by atoms with van der Waals surface area (Å²) in [7, 11) is 5.93. The molecule has 388 valence electrons.